The van der Waals surface area contributed by atoms with Gasteiger partial charge in [-0.2, -0.15) is 0 Å². The molecule has 0 bridgehead atoms. The molecular weight excluding hydrogens is 323 g/mol. The van der Waals surface area contributed by atoms with Crippen LogP contribution in [0.15, 0.2) is 0 Å². The fraction of sp³-hybridized carbons (Fsp3) is 0.944. The van der Waals surface area contributed by atoms with E-state index in [1.54, 1.807) is 21.3 Å². The lowest BCUT2D eigenvalue weighted by atomic mass is 9.97. The Balaban J connectivity index is 4.03. The predicted molar refractivity (Wildman–Crippen MR) is 98.9 cm³/mol. The smallest absolute Gasteiger partial charge is 0.337 e. The van der Waals surface area contributed by atoms with Gasteiger partial charge >= 0.3 is 5.97 Å². The van der Waals surface area contributed by atoms with Crippen molar-refractivity contribution >= 4 is 13.5 Å². The molecule has 0 aliphatic carbocycles. The summed E-state index contributed by atoms with van der Waals surface area (Å²) in [6, 6.07) is 0. The van der Waals surface area contributed by atoms with Crippen molar-refractivity contribution in [1.29, 1.82) is 0 Å². The van der Waals surface area contributed by atoms with E-state index in [0.29, 0.717) is 19.8 Å². The van der Waals surface area contributed by atoms with Gasteiger partial charge in [0.25, 0.3) is 7.48 Å². The second kappa shape index (κ2) is 11.9. The number of esters is 1. The Morgan fingerprint density at radius 1 is 1.00 bits per heavy atom. The fourth-order valence-electron chi connectivity index (χ4n) is 1.94. The van der Waals surface area contributed by atoms with Crippen LogP contribution in [0.3, 0.4) is 0 Å². The normalized spacial score (nSPS) is 14.9. The van der Waals surface area contributed by atoms with Crippen molar-refractivity contribution in [2.24, 2.45) is 0 Å². The third-order valence-electron chi connectivity index (χ3n) is 3.04. The van der Waals surface area contributed by atoms with Gasteiger partial charge in [-0.1, -0.05) is 13.2 Å². The summed E-state index contributed by atoms with van der Waals surface area (Å²) in [6.45, 7) is 16.5. The molecule has 0 spiro atoms. The fourth-order valence-corrected chi connectivity index (χ4v) is 1.94. The molecule has 0 aliphatic rings. The zero-order valence-electron chi connectivity index (χ0n) is 17.2. The van der Waals surface area contributed by atoms with Crippen molar-refractivity contribution in [2.45, 2.75) is 85.1 Å². The Kier molecular flexibility index (Phi) is 11.6. The predicted octanol–water partition coefficient (Wildman–Crippen LogP) is 3.01. The van der Waals surface area contributed by atoms with Crippen LogP contribution in [-0.4, -0.2) is 63.3 Å². The van der Waals surface area contributed by atoms with Crippen molar-refractivity contribution in [2.75, 3.05) is 26.4 Å². The largest absolute Gasteiger partial charge is 0.461 e. The Morgan fingerprint density at radius 2 is 1.60 bits per heavy atom. The summed E-state index contributed by atoms with van der Waals surface area (Å²) in [5, 5.41) is 0. The van der Waals surface area contributed by atoms with Crippen molar-refractivity contribution in [3.63, 3.8) is 0 Å². The van der Waals surface area contributed by atoms with Crippen molar-refractivity contribution < 1.29 is 28.4 Å². The number of ether oxygens (including phenoxy) is 4. The van der Waals surface area contributed by atoms with E-state index in [4.69, 9.17) is 23.6 Å². The summed E-state index contributed by atoms with van der Waals surface area (Å²) in [6.07, 6.45) is 0.615. The first-order valence-corrected chi connectivity index (χ1v) is 9.01. The SMILES string of the molecule is CC[B]OC(C)COCC(C)OC(C)(C)C(=O)OCCOC(C)(C)C. The van der Waals surface area contributed by atoms with Gasteiger partial charge in [0.1, 0.15) is 6.61 Å². The average molecular weight is 359 g/mol. The topological polar surface area (TPSA) is 63.2 Å². The van der Waals surface area contributed by atoms with Crippen LogP contribution < -0.4 is 0 Å². The van der Waals surface area contributed by atoms with Crippen LogP contribution in [0.2, 0.25) is 6.32 Å². The first-order chi connectivity index (χ1) is 11.5. The number of carbonyl (C=O) groups is 1. The molecule has 0 fully saturated rings. The number of hydrogen-bond acceptors (Lipinski definition) is 6. The minimum absolute atomic E-state index is 0.00654. The molecule has 0 saturated carbocycles. The highest BCUT2D eigenvalue weighted by molar-refractivity contribution is 6.26. The van der Waals surface area contributed by atoms with Gasteiger partial charge in [0.2, 0.25) is 0 Å². The van der Waals surface area contributed by atoms with E-state index < -0.39 is 11.6 Å². The molecule has 0 heterocycles. The molecule has 1 radical (unpaired) electrons. The van der Waals surface area contributed by atoms with Gasteiger partial charge in [-0.15, -0.1) is 0 Å². The summed E-state index contributed by atoms with van der Waals surface area (Å²) in [5.41, 5.74) is -1.29. The quantitative estimate of drug-likeness (QED) is 0.286. The first kappa shape index (κ1) is 24.4. The third kappa shape index (κ3) is 13.3. The number of rotatable bonds is 13. The monoisotopic (exact) mass is 359 g/mol. The molecular formula is C18H36BO6. The van der Waals surface area contributed by atoms with Crippen LogP contribution in [0.4, 0.5) is 0 Å². The number of carbonyl (C=O) groups excluding carboxylic acids is 1. The summed E-state index contributed by atoms with van der Waals surface area (Å²) < 4.78 is 27.5. The lowest BCUT2D eigenvalue weighted by Gasteiger charge is -2.27. The van der Waals surface area contributed by atoms with Crippen molar-refractivity contribution in [1.82, 2.24) is 0 Å². The molecule has 0 saturated heterocycles. The highest BCUT2D eigenvalue weighted by Gasteiger charge is 2.32. The summed E-state index contributed by atoms with van der Waals surface area (Å²) >= 11 is 0. The molecule has 147 valence electrons. The van der Waals surface area contributed by atoms with Crippen LogP contribution in [0, 0.1) is 0 Å². The van der Waals surface area contributed by atoms with Crippen molar-refractivity contribution in [3.05, 3.63) is 0 Å². The summed E-state index contributed by atoms with van der Waals surface area (Å²) in [4.78, 5) is 12.2. The Labute approximate surface area is 154 Å². The maximum atomic E-state index is 12.2. The van der Waals surface area contributed by atoms with E-state index in [2.05, 4.69) is 0 Å². The second-order valence-corrected chi connectivity index (χ2v) is 7.59. The van der Waals surface area contributed by atoms with E-state index in [1.165, 1.54) is 0 Å². The van der Waals surface area contributed by atoms with Crippen LogP contribution in [-0.2, 0) is 28.4 Å². The highest BCUT2D eigenvalue weighted by atomic mass is 16.6. The maximum absolute atomic E-state index is 12.2. The maximum Gasteiger partial charge on any atom is 0.337 e. The van der Waals surface area contributed by atoms with E-state index in [9.17, 15) is 4.79 Å². The van der Waals surface area contributed by atoms with Gasteiger partial charge < -0.3 is 23.6 Å². The Hall–Kier alpha value is -0.625. The minimum atomic E-state index is -1.04. The highest BCUT2D eigenvalue weighted by Crippen LogP contribution is 2.15. The molecule has 6 nitrogen and oxygen atoms in total. The molecule has 2 unspecified atom stereocenters. The molecule has 2 atom stereocenters. The molecule has 7 heteroatoms. The summed E-state index contributed by atoms with van der Waals surface area (Å²) in [7, 11) is 1.76. The molecule has 0 N–H and O–H groups in total. The second-order valence-electron chi connectivity index (χ2n) is 7.59. The van der Waals surface area contributed by atoms with Gasteiger partial charge in [0, 0.05) is 0 Å². The lowest BCUT2D eigenvalue weighted by Crippen LogP contribution is -2.41. The van der Waals surface area contributed by atoms with Crippen LogP contribution >= 0.6 is 0 Å². The Bertz CT molecular complexity index is 367. The van der Waals surface area contributed by atoms with Crippen molar-refractivity contribution in [3.8, 4) is 0 Å². The first-order valence-electron chi connectivity index (χ1n) is 9.01. The van der Waals surface area contributed by atoms with E-state index in [-0.39, 0.29) is 24.4 Å². The van der Waals surface area contributed by atoms with Gasteiger partial charge in [-0.3, -0.25) is 0 Å². The van der Waals surface area contributed by atoms with Crippen LogP contribution in [0.1, 0.15) is 55.4 Å². The molecule has 0 aromatic heterocycles. The lowest BCUT2D eigenvalue weighted by molar-refractivity contribution is -0.179. The van der Waals surface area contributed by atoms with Gasteiger partial charge in [0.05, 0.1) is 37.6 Å². The zero-order valence-corrected chi connectivity index (χ0v) is 17.2. The van der Waals surface area contributed by atoms with E-state index in [1.807, 2.05) is 41.5 Å². The van der Waals surface area contributed by atoms with E-state index >= 15 is 0 Å². The molecule has 0 aromatic carbocycles. The van der Waals surface area contributed by atoms with Gasteiger partial charge in [-0.25, -0.2) is 4.79 Å². The van der Waals surface area contributed by atoms with Gasteiger partial charge in [-0.05, 0) is 48.5 Å². The molecule has 25 heavy (non-hydrogen) atoms. The minimum Gasteiger partial charge on any atom is -0.461 e. The summed E-state index contributed by atoms with van der Waals surface area (Å²) in [5.74, 6) is -0.411. The van der Waals surface area contributed by atoms with Crippen LogP contribution in [0.25, 0.3) is 0 Å². The van der Waals surface area contributed by atoms with Gasteiger partial charge in [0.15, 0.2) is 5.60 Å². The number of hydrogen-bond donors (Lipinski definition) is 0. The molecule has 0 amide bonds. The molecule has 0 rings (SSSR count). The zero-order chi connectivity index (χ0) is 19.5. The standard InChI is InChI=1S/C18H36BO6/c1-9-19-25-15(3)13-21-12-14(2)24-18(7,8)16(20)22-10-11-23-17(4,5)6/h14-15H,9-13H2,1-8H3. The van der Waals surface area contributed by atoms with Crippen LogP contribution in [0.5, 0.6) is 0 Å². The molecule has 0 aromatic rings. The Morgan fingerprint density at radius 3 is 2.16 bits per heavy atom. The molecule has 0 aliphatic heterocycles. The third-order valence-corrected chi connectivity index (χ3v) is 3.04. The average Bonchev–Trinajstić information content (AvgIpc) is 2.47. The van der Waals surface area contributed by atoms with E-state index in [0.717, 1.165) is 6.32 Å².